The Bertz CT molecular complexity index is 367. The second-order valence-electron chi connectivity index (χ2n) is 4.08. The summed E-state index contributed by atoms with van der Waals surface area (Å²) >= 11 is 0. The van der Waals surface area contributed by atoms with E-state index in [0.29, 0.717) is 6.42 Å². The summed E-state index contributed by atoms with van der Waals surface area (Å²) < 4.78 is 1.91. The number of aliphatic hydroxyl groups excluding tert-OH is 1. The van der Waals surface area contributed by atoms with Crippen LogP contribution >= 0.6 is 0 Å². The third kappa shape index (κ3) is 4.16. The summed E-state index contributed by atoms with van der Waals surface area (Å²) in [5, 5.41) is 25.6. The fourth-order valence-corrected chi connectivity index (χ4v) is 1.82. The van der Waals surface area contributed by atoms with E-state index < -0.39 is 0 Å². The number of rotatable bonds is 8. The first kappa shape index (κ1) is 13.7. The molecule has 0 spiro atoms. The summed E-state index contributed by atoms with van der Waals surface area (Å²) in [5.74, 6) is 0. The highest BCUT2D eigenvalue weighted by Gasteiger charge is 2.11. The van der Waals surface area contributed by atoms with Crippen LogP contribution in [0.15, 0.2) is 0 Å². The Morgan fingerprint density at radius 1 is 1.35 bits per heavy atom. The normalized spacial score (nSPS) is 10.4. The Morgan fingerprint density at radius 3 is 2.82 bits per heavy atom. The topological polar surface area (TPSA) is 74.7 Å². The van der Waals surface area contributed by atoms with Crippen molar-refractivity contribution in [2.45, 2.75) is 52.0 Å². The lowest BCUT2D eigenvalue weighted by atomic mass is 10.1. The molecule has 0 aliphatic carbocycles. The Kier molecular flexibility index (Phi) is 6.26. The van der Waals surface area contributed by atoms with Crippen LogP contribution in [0, 0.1) is 11.3 Å². The Balaban J connectivity index is 2.60. The van der Waals surface area contributed by atoms with E-state index in [4.69, 9.17) is 10.4 Å². The monoisotopic (exact) mass is 236 g/mol. The molecule has 0 atom stereocenters. The van der Waals surface area contributed by atoms with E-state index in [1.54, 1.807) is 0 Å². The van der Waals surface area contributed by atoms with Crippen LogP contribution < -0.4 is 0 Å². The van der Waals surface area contributed by atoms with Crippen molar-refractivity contribution >= 4 is 0 Å². The lowest BCUT2D eigenvalue weighted by Crippen LogP contribution is -2.06. The zero-order valence-corrected chi connectivity index (χ0v) is 10.4. The molecule has 0 aliphatic rings. The molecule has 94 valence electrons. The average Bonchev–Trinajstić information content (AvgIpc) is 2.69. The SMILES string of the molecule is CCCc1c(CC#N)nnn1CCCCCO. The molecule has 0 aliphatic heterocycles. The van der Waals surface area contributed by atoms with E-state index in [1.165, 1.54) is 0 Å². The number of unbranched alkanes of at least 4 members (excludes halogenated alkanes) is 2. The molecule has 1 N–H and O–H groups in total. The molecule has 0 unspecified atom stereocenters. The molecule has 0 aromatic carbocycles. The fraction of sp³-hybridized carbons (Fsp3) is 0.750. The standard InChI is InChI=1S/C12H20N4O/c1-2-6-12-11(7-8-13)14-15-16(12)9-4-3-5-10-17/h17H,2-7,9-10H2,1H3. The maximum Gasteiger partial charge on any atom is 0.0999 e. The van der Waals surface area contributed by atoms with Gasteiger partial charge in [0.1, 0.15) is 0 Å². The largest absolute Gasteiger partial charge is 0.396 e. The van der Waals surface area contributed by atoms with Crippen molar-refractivity contribution in [3.63, 3.8) is 0 Å². The van der Waals surface area contributed by atoms with Crippen LogP contribution in [0.25, 0.3) is 0 Å². The third-order valence-electron chi connectivity index (χ3n) is 2.68. The number of aryl methyl sites for hydroxylation is 1. The molecule has 0 fully saturated rings. The van der Waals surface area contributed by atoms with Gasteiger partial charge in [0.25, 0.3) is 0 Å². The van der Waals surface area contributed by atoms with E-state index in [-0.39, 0.29) is 6.61 Å². The third-order valence-corrected chi connectivity index (χ3v) is 2.68. The maximum absolute atomic E-state index is 8.71. The molecule has 0 amide bonds. The molecule has 0 radical (unpaired) electrons. The van der Waals surface area contributed by atoms with Crippen LogP contribution in [-0.4, -0.2) is 26.7 Å². The number of nitrogens with zero attached hydrogens (tertiary/aromatic N) is 4. The molecule has 1 aromatic heterocycles. The van der Waals surface area contributed by atoms with Crippen molar-refractivity contribution in [3.8, 4) is 6.07 Å². The minimum atomic E-state index is 0.249. The zero-order chi connectivity index (χ0) is 12.5. The summed E-state index contributed by atoms with van der Waals surface area (Å²) in [6, 6.07) is 2.12. The summed E-state index contributed by atoms with van der Waals surface area (Å²) in [5.41, 5.74) is 1.91. The number of aromatic nitrogens is 3. The molecule has 5 heteroatoms. The van der Waals surface area contributed by atoms with Gasteiger partial charge in [0.2, 0.25) is 0 Å². The van der Waals surface area contributed by atoms with Crippen molar-refractivity contribution in [2.24, 2.45) is 0 Å². The summed E-state index contributed by atoms with van der Waals surface area (Å²) in [7, 11) is 0. The van der Waals surface area contributed by atoms with Gasteiger partial charge in [-0.15, -0.1) is 5.10 Å². The molecule has 0 bridgehead atoms. The predicted molar refractivity (Wildman–Crippen MR) is 64.3 cm³/mol. The van der Waals surface area contributed by atoms with Crippen LogP contribution in [0.5, 0.6) is 0 Å². The first-order valence-corrected chi connectivity index (χ1v) is 6.22. The van der Waals surface area contributed by atoms with Gasteiger partial charge in [0.05, 0.1) is 23.9 Å². The molecule has 1 rings (SSSR count). The minimum Gasteiger partial charge on any atom is -0.396 e. The molecule has 5 nitrogen and oxygen atoms in total. The van der Waals surface area contributed by atoms with Gasteiger partial charge < -0.3 is 5.11 Å². The smallest absolute Gasteiger partial charge is 0.0999 e. The van der Waals surface area contributed by atoms with Gasteiger partial charge in [0, 0.05) is 13.2 Å². The van der Waals surface area contributed by atoms with Gasteiger partial charge in [0.15, 0.2) is 0 Å². The van der Waals surface area contributed by atoms with E-state index in [0.717, 1.165) is 50.0 Å². The molecule has 0 saturated carbocycles. The zero-order valence-electron chi connectivity index (χ0n) is 10.4. The summed E-state index contributed by atoms with van der Waals surface area (Å²) in [4.78, 5) is 0. The second-order valence-corrected chi connectivity index (χ2v) is 4.08. The first-order chi connectivity index (χ1) is 8.33. The molecular formula is C12H20N4O. The lowest BCUT2D eigenvalue weighted by molar-refractivity contribution is 0.281. The van der Waals surface area contributed by atoms with Crippen LogP contribution in [0.1, 0.15) is 44.0 Å². The highest BCUT2D eigenvalue weighted by Crippen LogP contribution is 2.10. The summed E-state index contributed by atoms with van der Waals surface area (Å²) in [6.07, 6.45) is 5.11. The van der Waals surface area contributed by atoms with Crippen LogP contribution in [-0.2, 0) is 19.4 Å². The molecule has 17 heavy (non-hydrogen) atoms. The van der Waals surface area contributed by atoms with Gasteiger partial charge in [-0.1, -0.05) is 18.6 Å². The van der Waals surface area contributed by atoms with Gasteiger partial charge in [-0.05, 0) is 25.7 Å². The second kappa shape index (κ2) is 7.80. The van der Waals surface area contributed by atoms with Crippen LogP contribution in [0.3, 0.4) is 0 Å². The Labute approximate surface area is 102 Å². The van der Waals surface area contributed by atoms with E-state index in [1.807, 2.05) is 4.68 Å². The Morgan fingerprint density at radius 2 is 2.18 bits per heavy atom. The fourth-order valence-electron chi connectivity index (χ4n) is 1.82. The van der Waals surface area contributed by atoms with Gasteiger partial charge in [-0.2, -0.15) is 5.26 Å². The number of aliphatic hydroxyl groups is 1. The van der Waals surface area contributed by atoms with E-state index in [2.05, 4.69) is 23.3 Å². The number of hydrogen-bond donors (Lipinski definition) is 1. The number of nitriles is 1. The number of hydrogen-bond acceptors (Lipinski definition) is 4. The van der Waals surface area contributed by atoms with E-state index >= 15 is 0 Å². The van der Waals surface area contributed by atoms with E-state index in [9.17, 15) is 0 Å². The molecular weight excluding hydrogens is 216 g/mol. The van der Waals surface area contributed by atoms with Crippen LogP contribution in [0.4, 0.5) is 0 Å². The van der Waals surface area contributed by atoms with Crippen LogP contribution in [0.2, 0.25) is 0 Å². The average molecular weight is 236 g/mol. The minimum absolute atomic E-state index is 0.249. The predicted octanol–water partition coefficient (Wildman–Crippen LogP) is 1.46. The molecule has 0 saturated heterocycles. The highest BCUT2D eigenvalue weighted by molar-refractivity contribution is 5.14. The van der Waals surface area contributed by atoms with Gasteiger partial charge in [-0.3, -0.25) is 0 Å². The van der Waals surface area contributed by atoms with Crippen molar-refractivity contribution in [3.05, 3.63) is 11.4 Å². The molecule has 1 heterocycles. The lowest BCUT2D eigenvalue weighted by Gasteiger charge is -2.05. The first-order valence-electron chi connectivity index (χ1n) is 6.22. The van der Waals surface area contributed by atoms with Crippen molar-refractivity contribution in [1.29, 1.82) is 5.26 Å². The Hall–Kier alpha value is -1.41. The maximum atomic E-state index is 8.71. The van der Waals surface area contributed by atoms with Gasteiger partial charge in [-0.25, -0.2) is 4.68 Å². The summed E-state index contributed by atoms with van der Waals surface area (Å²) in [6.45, 7) is 3.19. The van der Waals surface area contributed by atoms with Crippen molar-refractivity contribution in [2.75, 3.05) is 6.61 Å². The van der Waals surface area contributed by atoms with Crippen molar-refractivity contribution < 1.29 is 5.11 Å². The molecule has 1 aromatic rings. The quantitative estimate of drug-likeness (QED) is 0.693. The van der Waals surface area contributed by atoms with Crippen molar-refractivity contribution in [1.82, 2.24) is 15.0 Å². The highest BCUT2D eigenvalue weighted by atomic mass is 16.2. The van der Waals surface area contributed by atoms with Gasteiger partial charge >= 0.3 is 0 Å².